The van der Waals surface area contributed by atoms with Crippen LogP contribution in [0, 0.1) is 0 Å². The number of nitrogens with one attached hydrogen (secondary N) is 1. The van der Waals surface area contributed by atoms with Crippen LogP contribution < -0.4 is 10.1 Å². The fourth-order valence-electron chi connectivity index (χ4n) is 1.97. The van der Waals surface area contributed by atoms with Crippen molar-refractivity contribution in [3.8, 4) is 5.75 Å². The molecule has 0 spiro atoms. The second kappa shape index (κ2) is 8.17. The van der Waals surface area contributed by atoms with E-state index in [0.717, 1.165) is 10.4 Å². The quantitative estimate of drug-likeness (QED) is 0.814. The Morgan fingerprint density at radius 1 is 1.36 bits per heavy atom. The van der Waals surface area contributed by atoms with E-state index in [1.807, 2.05) is 37.3 Å². The van der Waals surface area contributed by atoms with Gasteiger partial charge in [-0.3, -0.25) is 4.79 Å². The molecular formula is C16H18ClNO3S. The van der Waals surface area contributed by atoms with Crippen LogP contribution in [-0.4, -0.2) is 24.2 Å². The van der Waals surface area contributed by atoms with Crippen molar-refractivity contribution in [1.82, 2.24) is 5.32 Å². The largest absolute Gasteiger partial charge is 0.491 e. The van der Waals surface area contributed by atoms with Gasteiger partial charge in [-0.15, -0.1) is 11.3 Å². The average Bonchev–Trinajstić information content (AvgIpc) is 2.97. The molecule has 6 heteroatoms. The van der Waals surface area contributed by atoms with Crippen LogP contribution in [0.1, 0.15) is 23.3 Å². The van der Waals surface area contributed by atoms with Gasteiger partial charge in [0.1, 0.15) is 12.4 Å². The van der Waals surface area contributed by atoms with E-state index in [9.17, 15) is 4.79 Å². The fourth-order valence-corrected chi connectivity index (χ4v) is 3.08. The molecule has 1 amide bonds. The number of rotatable bonds is 7. The number of amides is 1. The lowest BCUT2D eigenvalue weighted by atomic mass is 10.1. The number of aliphatic hydroxyl groups excluding tert-OH is 1. The molecule has 4 nitrogen and oxygen atoms in total. The van der Waals surface area contributed by atoms with Gasteiger partial charge in [0.2, 0.25) is 5.91 Å². The highest BCUT2D eigenvalue weighted by Gasteiger charge is 2.17. The Kier molecular flexibility index (Phi) is 6.24. The summed E-state index contributed by atoms with van der Waals surface area (Å²) >= 11 is 7.31. The van der Waals surface area contributed by atoms with Gasteiger partial charge in [-0.05, 0) is 25.1 Å². The van der Waals surface area contributed by atoms with E-state index >= 15 is 0 Å². The summed E-state index contributed by atoms with van der Waals surface area (Å²) in [6, 6.07) is 11.1. The molecule has 0 aliphatic rings. The summed E-state index contributed by atoms with van der Waals surface area (Å²) in [6.07, 6.45) is 0. The molecule has 0 fully saturated rings. The number of para-hydroxylation sites is 1. The van der Waals surface area contributed by atoms with Crippen LogP contribution in [0.25, 0.3) is 0 Å². The third-order valence-corrected chi connectivity index (χ3v) is 4.60. The first-order chi connectivity index (χ1) is 10.6. The molecule has 0 aliphatic carbocycles. The Balaban J connectivity index is 1.96. The van der Waals surface area contributed by atoms with E-state index in [0.29, 0.717) is 16.6 Å². The molecule has 1 aromatic carbocycles. The summed E-state index contributed by atoms with van der Waals surface area (Å²) < 4.78 is 6.13. The molecule has 0 radical (unpaired) electrons. The number of aliphatic hydroxyl groups is 1. The van der Waals surface area contributed by atoms with Crippen molar-refractivity contribution in [2.24, 2.45) is 0 Å². The molecule has 1 aromatic heterocycles. The Bertz CT molecular complexity index is 629. The molecule has 1 heterocycles. The lowest BCUT2D eigenvalue weighted by Crippen LogP contribution is -2.27. The molecule has 2 rings (SSSR count). The molecule has 0 bridgehead atoms. The van der Waals surface area contributed by atoms with Crippen LogP contribution in [0.15, 0.2) is 36.4 Å². The van der Waals surface area contributed by atoms with Gasteiger partial charge in [-0.2, -0.15) is 0 Å². The summed E-state index contributed by atoms with van der Waals surface area (Å²) in [7, 11) is 0. The van der Waals surface area contributed by atoms with Crippen molar-refractivity contribution in [3.63, 3.8) is 0 Å². The first-order valence-corrected chi connectivity index (χ1v) is 8.15. The lowest BCUT2D eigenvalue weighted by Gasteiger charge is -2.13. The van der Waals surface area contributed by atoms with Crippen molar-refractivity contribution < 1.29 is 14.6 Å². The van der Waals surface area contributed by atoms with Gasteiger partial charge < -0.3 is 15.2 Å². The average molecular weight is 340 g/mol. The van der Waals surface area contributed by atoms with Crippen LogP contribution >= 0.6 is 22.9 Å². The number of benzene rings is 1. The van der Waals surface area contributed by atoms with E-state index in [1.165, 1.54) is 11.3 Å². The number of carbonyl (C=O) groups is 1. The molecule has 0 aliphatic heterocycles. The predicted octanol–water partition coefficient (Wildman–Crippen LogP) is 3.19. The van der Waals surface area contributed by atoms with Crippen LogP contribution in [0.3, 0.4) is 0 Å². The third kappa shape index (κ3) is 4.47. The van der Waals surface area contributed by atoms with Gasteiger partial charge in [0.15, 0.2) is 0 Å². The van der Waals surface area contributed by atoms with Gasteiger partial charge in [-0.1, -0.05) is 29.8 Å². The Labute approximate surface area is 138 Å². The molecule has 0 saturated heterocycles. The Hall–Kier alpha value is -1.56. The molecule has 0 unspecified atom stereocenters. The van der Waals surface area contributed by atoms with Gasteiger partial charge in [0.25, 0.3) is 0 Å². The second-order valence-corrected chi connectivity index (χ2v) is 6.51. The summed E-state index contributed by atoms with van der Waals surface area (Å²) in [5.41, 5.74) is 0.876. The van der Waals surface area contributed by atoms with Crippen LogP contribution in [0.2, 0.25) is 4.34 Å². The normalized spacial score (nSPS) is 12.0. The summed E-state index contributed by atoms with van der Waals surface area (Å²) in [4.78, 5) is 13.2. The second-order valence-electron chi connectivity index (χ2n) is 4.76. The van der Waals surface area contributed by atoms with Crippen molar-refractivity contribution in [1.29, 1.82) is 0 Å². The number of thiophene rings is 1. The number of carbonyl (C=O) groups excluding carboxylic acids is 1. The first kappa shape index (κ1) is 16.8. The van der Waals surface area contributed by atoms with Crippen molar-refractivity contribution in [2.45, 2.75) is 19.4 Å². The zero-order valence-electron chi connectivity index (χ0n) is 12.2. The minimum atomic E-state index is -0.247. The molecule has 0 saturated carbocycles. The van der Waals surface area contributed by atoms with Crippen molar-refractivity contribution in [2.75, 3.05) is 13.2 Å². The highest BCUT2D eigenvalue weighted by Crippen LogP contribution is 2.28. The molecule has 2 aromatic rings. The van der Waals surface area contributed by atoms with Crippen LogP contribution in [-0.2, 0) is 11.3 Å². The molecule has 22 heavy (non-hydrogen) atoms. The van der Waals surface area contributed by atoms with Crippen LogP contribution in [0.5, 0.6) is 5.75 Å². The number of hydrogen-bond acceptors (Lipinski definition) is 4. The van der Waals surface area contributed by atoms with Crippen molar-refractivity contribution in [3.05, 3.63) is 51.2 Å². The smallest absolute Gasteiger partial charge is 0.228 e. The van der Waals surface area contributed by atoms with Crippen molar-refractivity contribution >= 4 is 28.8 Å². The first-order valence-electron chi connectivity index (χ1n) is 6.96. The van der Waals surface area contributed by atoms with E-state index in [-0.39, 0.29) is 25.0 Å². The Morgan fingerprint density at radius 2 is 2.14 bits per heavy atom. The van der Waals surface area contributed by atoms with E-state index in [1.54, 1.807) is 6.07 Å². The highest BCUT2D eigenvalue weighted by molar-refractivity contribution is 7.16. The molecule has 118 valence electrons. The maximum absolute atomic E-state index is 12.2. The monoisotopic (exact) mass is 339 g/mol. The lowest BCUT2D eigenvalue weighted by molar-refractivity contribution is -0.122. The number of hydrogen-bond donors (Lipinski definition) is 2. The van der Waals surface area contributed by atoms with Gasteiger partial charge in [0, 0.05) is 17.0 Å². The summed E-state index contributed by atoms with van der Waals surface area (Å²) in [5, 5.41) is 11.7. The standard InChI is InChI=1S/C16H18ClNO3S/c1-11(14-6-7-15(17)22-14)16(20)18-10-12-4-2-3-5-13(12)21-9-8-19/h2-7,11,19H,8-10H2,1H3,(H,18,20)/t11-/m1/s1. The molecular weight excluding hydrogens is 322 g/mol. The zero-order chi connectivity index (χ0) is 15.9. The zero-order valence-corrected chi connectivity index (χ0v) is 13.8. The predicted molar refractivity (Wildman–Crippen MR) is 88.6 cm³/mol. The fraction of sp³-hybridized carbons (Fsp3) is 0.312. The van der Waals surface area contributed by atoms with Gasteiger partial charge in [-0.25, -0.2) is 0 Å². The maximum atomic E-state index is 12.2. The molecule has 1 atom stereocenters. The molecule has 2 N–H and O–H groups in total. The number of halogens is 1. The summed E-state index contributed by atoms with van der Waals surface area (Å²) in [5.74, 6) is 0.363. The minimum absolute atomic E-state index is 0.0448. The highest BCUT2D eigenvalue weighted by atomic mass is 35.5. The van der Waals surface area contributed by atoms with Crippen LogP contribution in [0.4, 0.5) is 0 Å². The number of ether oxygens (including phenoxy) is 1. The van der Waals surface area contributed by atoms with E-state index in [4.69, 9.17) is 21.4 Å². The SMILES string of the molecule is C[C@@H](C(=O)NCc1ccccc1OCCO)c1ccc(Cl)s1. The van der Waals surface area contributed by atoms with E-state index < -0.39 is 0 Å². The maximum Gasteiger partial charge on any atom is 0.228 e. The third-order valence-electron chi connectivity index (χ3n) is 3.19. The Morgan fingerprint density at radius 3 is 2.82 bits per heavy atom. The van der Waals surface area contributed by atoms with Gasteiger partial charge >= 0.3 is 0 Å². The minimum Gasteiger partial charge on any atom is -0.491 e. The van der Waals surface area contributed by atoms with Gasteiger partial charge in [0.05, 0.1) is 16.9 Å². The topological polar surface area (TPSA) is 58.6 Å². The summed E-state index contributed by atoms with van der Waals surface area (Å²) in [6.45, 7) is 2.42. The van der Waals surface area contributed by atoms with E-state index in [2.05, 4.69) is 5.32 Å².